The first-order valence-electron chi connectivity index (χ1n) is 5.05. The lowest BCUT2D eigenvalue weighted by molar-refractivity contribution is -0.873. The standard InChI is InChI=1S/C7H15NO3.C3H6O3/c1-8(2,3)5-6(9)4-7(10)11;1-2(4)3(5)6/h6,9H,4-5H2,1-3H3;2,4H,1H3,(H,5,6). The van der Waals surface area contributed by atoms with Gasteiger partial charge in [0.25, 0.3) is 0 Å². The van der Waals surface area contributed by atoms with E-state index in [0.717, 1.165) is 0 Å². The lowest BCUT2D eigenvalue weighted by atomic mass is 10.2. The lowest BCUT2D eigenvalue weighted by Gasteiger charge is -2.26. The number of hydrogen-bond acceptors (Lipinski definition) is 5. The third-order valence-electron chi connectivity index (χ3n) is 1.52. The van der Waals surface area contributed by atoms with Gasteiger partial charge >= 0.3 is 5.97 Å². The van der Waals surface area contributed by atoms with Crippen LogP contribution >= 0.6 is 0 Å². The van der Waals surface area contributed by atoms with Crippen LogP contribution in [0.2, 0.25) is 0 Å². The molecule has 2 unspecified atom stereocenters. The van der Waals surface area contributed by atoms with E-state index in [0.29, 0.717) is 11.0 Å². The van der Waals surface area contributed by atoms with Crippen molar-refractivity contribution in [1.82, 2.24) is 0 Å². The van der Waals surface area contributed by atoms with Crippen LogP contribution in [0.4, 0.5) is 0 Å². The number of rotatable bonds is 5. The molecule has 0 rings (SSSR count). The summed E-state index contributed by atoms with van der Waals surface area (Å²) in [5.74, 6) is -2.39. The zero-order valence-electron chi connectivity index (χ0n) is 10.6. The number of aliphatic carboxylic acids is 2. The van der Waals surface area contributed by atoms with Crippen molar-refractivity contribution in [3.8, 4) is 0 Å². The molecule has 0 spiro atoms. The maximum absolute atomic E-state index is 10.0. The summed E-state index contributed by atoms with van der Waals surface area (Å²) in [6, 6.07) is 0. The summed E-state index contributed by atoms with van der Waals surface area (Å²) in [7, 11) is 5.66. The van der Waals surface area contributed by atoms with Gasteiger partial charge in [0.15, 0.2) is 0 Å². The van der Waals surface area contributed by atoms with Gasteiger partial charge in [-0.2, -0.15) is 0 Å². The Balaban J connectivity index is 0. The molecule has 0 saturated heterocycles. The number of nitrogens with zero attached hydrogens (tertiary/aromatic N) is 1. The Morgan fingerprint density at radius 2 is 1.59 bits per heavy atom. The predicted molar refractivity (Wildman–Crippen MR) is 57.8 cm³/mol. The van der Waals surface area contributed by atoms with Crippen molar-refractivity contribution >= 4 is 11.9 Å². The van der Waals surface area contributed by atoms with Crippen LogP contribution < -0.4 is 5.11 Å². The van der Waals surface area contributed by atoms with Crippen LogP contribution in [0.15, 0.2) is 0 Å². The molecule has 0 aliphatic carbocycles. The summed E-state index contributed by atoms with van der Waals surface area (Å²) in [5.41, 5.74) is 0. The summed E-state index contributed by atoms with van der Waals surface area (Å²) >= 11 is 0. The van der Waals surface area contributed by atoms with Crippen molar-refractivity contribution in [2.24, 2.45) is 0 Å². The highest BCUT2D eigenvalue weighted by atomic mass is 16.4. The number of aliphatic hydroxyl groups is 2. The Labute approximate surface area is 100 Å². The zero-order valence-corrected chi connectivity index (χ0v) is 10.6. The number of carboxylic acid groups (broad SMARTS) is 2. The van der Waals surface area contributed by atoms with Crippen molar-refractivity contribution in [1.29, 1.82) is 0 Å². The topological polar surface area (TPSA) is 118 Å². The molecule has 0 aliphatic heterocycles. The third kappa shape index (κ3) is 17.4. The summed E-state index contributed by atoms with van der Waals surface area (Å²) in [4.78, 5) is 19.5. The van der Waals surface area contributed by atoms with Gasteiger partial charge in [-0.1, -0.05) is 0 Å². The van der Waals surface area contributed by atoms with Crippen LogP contribution in [0.3, 0.4) is 0 Å². The van der Waals surface area contributed by atoms with Crippen molar-refractivity contribution in [2.45, 2.75) is 25.6 Å². The molecular formula is C10H21NO6. The smallest absolute Gasteiger partial charge is 0.332 e. The second-order valence-corrected chi connectivity index (χ2v) is 4.72. The van der Waals surface area contributed by atoms with Gasteiger partial charge in [-0.05, 0) is 6.92 Å². The van der Waals surface area contributed by atoms with Gasteiger partial charge in [0.1, 0.15) is 18.8 Å². The molecule has 0 bridgehead atoms. The fraction of sp³-hybridized carbons (Fsp3) is 0.800. The van der Waals surface area contributed by atoms with E-state index in [1.54, 1.807) is 0 Å². The van der Waals surface area contributed by atoms with Crippen molar-refractivity contribution in [2.75, 3.05) is 27.7 Å². The van der Waals surface area contributed by atoms with Crippen LogP contribution in [0.1, 0.15) is 13.3 Å². The van der Waals surface area contributed by atoms with E-state index in [4.69, 9.17) is 15.3 Å². The largest absolute Gasteiger partial charge is 0.550 e. The molecule has 3 N–H and O–H groups in total. The van der Waals surface area contributed by atoms with E-state index < -0.39 is 24.1 Å². The summed E-state index contributed by atoms with van der Waals surface area (Å²) in [6.07, 6.45) is -2.32. The highest BCUT2D eigenvalue weighted by Crippen LogP contribution is 1.97. The Hall–Kier alpha value is -1.18. The molecule has 0 fully saturated rings. The third-order valence-corrected chi connectivity index (χ3v) is 1.52. The Bertz CT molecular complexity index is 246. The number of carboxylic acids is 2. The predicted octanol–water partition coefficient (Wildman–Crippen LogP) is -2.35. The molecule has 0 saturated carbocycles. The Morgan fingerprint density at radius 1 is 1.24 bits per heavy atom. The molecule has 0 heterocycles. The Kier molecular flexibility index (Phi) is 8.55. The molecule has 0 aromatic rings. The molecule has 102 valence electrons. The molecule has 2 atom stereocenters. The van der Waals surface area contributed by atoms with Gasteiger partial charge in [0.05, 0.1) is 21.1 Å². The highest BCUT2D eigenvalue weighted by Gasteiger charge is 2.14. The average Bonchev–Trinajstić information content (AvgIpc) is 1.98. The van der Waals surface area contributed by atoms with E-state index >= 15 is 0 Å². The van der Waals surface area contributed by atoms with Crippen molar-refractivity contribution < 1.29 is 34.5 Å². The van der Waals surface area contributed by atoms with E-state index in [1.807, 2.05) is 21.1 Å². The monoisotopic (exact) mass is 251 g/mol. The molecule has 0 aromatic carbocycles. The second-order valence-electron chi connectivity index (χ2n) is 4.72. The van der Waals surface area contributed by atoms with Gasteiger partial charge in [-0.3, -0.25) is 0 Å². The van der Waals surface area contributed by atoms with Crippen LogP contribution in [0.25, 0.3) is 0 Å². The summed E-state index contributed by atoms with van der Waals surface area (Å²) in [5, 5.41) is 34.9. The number of likely N-dealkylation sites (N-methyl/N-ethyl adjacent to an activating group) is 1. The first kappa shape index (κ1) is 18.2. The summed E-state index contributed by atoms with van der Waals surface area (Å²) < 4.78 is 0.550. The van der Waals surface area contributed by atoms with Gasteiger partial charge in [-0.25, -0.2) is 4.79 Å². The van der Waals surface area contributed by atoms with Gasteiger partial charge < -0.3 is 29.7 Å². The summed E-state index contributed by atoms with van der Waals surface area (Å²) in [6.45, 7) is 1.62. The lowest BCUT2D eigenvalue weighted by Crippen LogP contribution is -2.43. The zero-order chi connectivity index (χ0) is 14.2. The van der Waals surface area contributed by atoms with Gasteiger partial charge in [0, 0.05) is 12.4 Å². The minimum Gasteiger partial charge on any atom is -0.550 e. The number of aliphatic hydroxyl groups excluding tert-OH is 2. The molecule has 7 heteroatoms. The van der Waals surface area contributed by atoms with E-state index in [2.05, 4.69) is 0 Å². The molecule has 0 aromatic heterocycles. The molecule has 0 radical (unpaired) electrons. The van der Waals surface area contributed by atoms with E-state index in [9.17, 15) is 14.7 Å². The number of hydrogen-bond donors (Lipinski definition) is 3. The number of carbonyl (C=O) groups is 2. The average molecular weight is 251 g/mol. The van der Waals surface area contributed by atoms with Gasteiger partial charge in [-0.15, -0.1) is 0 Å². The molecule has 17 heavy (non-hydrogen) atoms. The van der Waals surface area contributed by atoms with Crippen molar-refractivity contribution in [3.05, 3.63) is 0 Å². The first-order valence-corrected chi connectivity index (χ1v) is 5.05. The molecule has 0 amide bonds. The minimum atomic E-state index is -1.23. The van der Waals surface area contributed by atoms with Crippen LogP contribution in [-0.2, 0) is 9.59 Å². The first-order chi connectivity index (χ1) is 7.45. The Morgan fingerprint density at radius 3 is 1.76 bits per heavy atom. The van der Waals surface area contributed by atoms with Crippen LogP contribution in [-0.4, -0.2) is 71.6 Å². The SMILES string of the molecule is CC(O)C(=O)O.C[N+](C)(C)CC(O)CC(=O)[O-]. The fourth-order valence-electron chi connectivity index (χ4n) is 0.889. The molecule has 0 aliphatic rings. The van der Waals surface area contributed by atoms with Gasteiger partial charge in [0.2, 0.25) is 0 Å². The minimum absolute atomic E-state index is 0.282. The molecular weight excluding hydrogens is 230 g/mol. The maximum Gasteiger partial charge on any atom is 0.332 e. The second kappa shape index (κ2) is 7.99. The van der Waals surface area contributed by atoms with Crippen LogP contribution in [0, 0.1) is 0 Å². The molecule has 7 nitrogen and oxygen atoms in total. The highest BCUT2D eigenvalue weighted by molar-refractivity contribution is 5.71. The van der Waals surface area contributed by atoms with E-state index in [-0.39, 0.29) is 6.42 Å². The van der Waals surface area contributed by atoms with Crippen molar-refractivity contribution in [3.63, 3.8) is 0 Å². The van der Waals surface area contributed by atoms with Crippen LogP contribution in [0.5, 0.6) is 0 Å². The fourth-order valence-corrected chi connectivity index (χ4v) is 0.889. The normalized spacial score (nSPS) is 14.2. The maximum atomic E-state index is 10.0. The van der Waals surface area contributed by atoms with E-state index in [1.165, 1.54) is 6.92 Å². The number of quaternary nitrogens is 1. The quantitative estimate of drug-likeness (QED) is 0.471. The number of carbonyl (C=O) groups excluding carboxylic acids is 1.